The predicted molar refractivity (Wildman–Crippen MR) is 94.0 cm³/mol. The van der Waals surface area contributed by atoms with Crippen LogP contribution in [0.1, 0.15) is 41.0 Å². The minimum atomic E-state index is -0.0115. The molecule has 2 aromatic heterocycles. The number of nitrogens with one attached hydrogen (secondary N) is 1. The minimum Gasteiger partial charge on any atom is -0.349 e. The highest BCUT2D eigenvalue weighted by atomic mass is 35.5. The van der Waals surface area contributed by atoms with E-state index >= 15 is 0 Å². The summed E-state index contributed by atoms with van der Waals surface area (Å²) in [6.07, 6.45) is 5.62. The van der Waals surface area contributed by atoms with Gasteiger partial charge in [0.25, 0.3) is 5.91 Å². The van der Waals surface area contributed by atoms with E-state index in [1.54, 1.807) is 12.1 Å². The SMILES string of the molecule is C[C@H](c1ccncc1)N1CCC(NC(=O)c2ccc(Cl)s2)CC1. The van der Waals surface area contributed by atoms with Crippen molar-refractivity contribution in [1.82, 2.24) is 15.2 Å². The molecular weight excluding hydrogens is 330 g/mol. The van der Waals surface area contributed by atoms with Gasteiger partial charge in [0.2, 0.25) is 0 Å². The second-order valence-electron chi connectivity index (χ2n) is 5.84. The topological polar surface area (TPSA) is 45.2 Å². The van der Waals surface area contributed by atoms with E-state index in [-0.39, 0.29) is 11.9 Å². The maximum Gasteiger partial charge on any atom is 0.261 e. The Kier molecular flexibility index (Phi) is 5.30. The summed E-state index contributed by atoms with van der Waals surface area (Å²) in [5.41, 5.74) is 1.29. The van der Waals surface area contributed by atoms with Gasteiger partial charge in [-0.15, -0.1) is 11.3 Å². The molecule has 2 aromatic rings. The highest BCUT2D eigenvalue weighted by Gasteiger charge is 2.25. The first-order valence-electron chi connectivity index (χ1n) is 7.83. The molecule has 0 unspecified atom stereocenters. The predicted octanol–water partition coefficient (Wildman–Crippen LogP) is 3.75. The van der Waals surface area contributed by atoms with Gasteiger partial charge in [-0.25, -0.2) is 0 Å². The first kappa shape index (κ1) is 16.4. The summed E-state index contributed by atoms with van der Waals surface area (Å²) >= 11 is 7.21. The van der Waals surface area contributed by atoms with Crippen LogP contribution in [0.5, 0.6) is 0 Å². The minimum absolute atomic E-state index is 0.0115. The number of piperidine rings is 1. The van der Waals surface area contributed by atoms with Crippen LogP contribution in [0.3, 0.4) is 0 Å². The molecule has 1 atom stereocenters. The zero-order valence-corrected chi connectivity index (χ0v) is 14.6. The molecule has 1 fully saturated rings. The van der Waals surface area contributed by atoms with Crippen molar-refractivity contribution in [3.63, 3.8) is 0 Å². The second-order valence-corrected chi connectivity index (χ2v) is 7.56. The molecule has 1 aliphatic heterocycles. The van der Waals surface area contributed by atoms with Crippen molar-refractivity contribution in [2.24, 2.45) is 0 Å². The van der Waals surface area contributed by atoms with Gasteiger partial charge in [0.15, 0.2) is 0 Å². The number of pyridine rings is 1. The Labute approximate surface area is 145 Å². The zero-order chi connectivity index (χ0) is 16.2. The van der Waals surface area contributed by atoms with Gasteiger partial charge in [-0.1, -0.05) is 11.6 Å². The number of amides is 1. The fourth-order valence-electron chi connectivity index (χ4n) is 2.98. The van der Waals surface area contributed by atoms with Crippen LogP contribution in [0.2, 0.25) is 4.34 Å². The quantitative estimate of drug-likeness (QED) is 0.914. The first-order chi connectivity index (χ1) is 11.1. The average Bonchev–Trinajstić information content (AvgIpc) is 3.02. The summed E-state index contributed by atoms with van der Waals surface area (Å²) in [6, 6.07) is 8.30. The van der Waals surface area contributed by atoms with Crippen molar-refractivity contribution >= 4 is 28.8 Å². The summed E-state index contributed by atoms with van der Waals surface area (Å²) < 4.78 is 0.649. The van der Waals surface area contributed by atoms with Crippen LogP contribution in [-0.4, -0.2) is 34.9 Å². The first-order valence-corrected chi connectivity index (χ1v) is 9.03. The molecule has 0 spiro atoms. The Hall–Kier alpha value is -1.43. The van der Waals surface area contributed by atoms with Gasteiger partial charge in [0.1, 0.15) is 0 Å². The number of halogens is 1. The molecule has 6 heteroatoms. The van der Waals surface area contributed by atoms with Gasteiger partial charge in [-0.2, -0.15) is 0 Å². The van der Waals surface area contributed by atoms with Gasteiger partial charge in [-0.05, 0) is 49.6 Å². The number of thiophene rings is 1. The second kappa shape index (κ2) is 7.43. The Morgan fingerprint density at radius 1 is 1.30 bits per heavy atom. The highest BCUT2D eigenvalue weighted by molar-refractivity contribution is 7.17. The van der Waals surface area contributed by atoms with Crippen LogP contribution in [0.4, 0.5) is 0 Å². The van der Waals surface area contributed by atoms with E-state index in [0.717, 1.165) is 25.9 Å². The van der Waals surface area contributed by atoms with Gasteiger partial charge in [0, 0.05) is 37.6 Å². The summed E-state index contributed by atoms with van der Waals surface area (Å²) in [7, 11) is 0. The lowest BCUT2D eigenvalue weighted by molar-refractivity contribution is 0.0900. The summed E-state index contributed by atoms with van der Waals surface area (Å²) in [5.74, 6) is -0.0115. The number of hydrogen-bond acceptors (Lipinski definition) is 4. The number of rotatable bonds is 4. The smallest absolute Gasteiger partial charge is 0.261 e. The Morgan fingerprint density at radius 2 is 2.00 bits per heavy atom. The van der Waals surface area contributed by atoms with Crippen molar-refractivity contribution in [3.8, 4) is 0 Å². The molecule has 1 saturated heterocycles. The Morgan fingerprint density at radius 3 is 2.61 bits per heavy atom. The lowest BCUT2D eigenvalue weighted by atomic mass is 10.0. The number of carbonyl (C=O) groups excluding carboxylic acids is 1. The summed E-state index contributed by atoms with van der Waals surface area (Å²) in [5, 5.41) is 3.12. The van der Waals surface area contributed by atoms with E-state index < -0.39 is 0 Å². The third-order valence-electron chi connectivity index (χ3n) is 4.40. The lowest BCUT2D eigenvalue weighted by Crippen LogP contribution is -2.45. The highest BCUT2D eigenvalue weighted by Crippen LogP contribution is 2.25. The molecular formula is C17H20ClN3OS. The van der Waals surface area contributed by atoms with Crippen molar-refractivity contribution in [2.75, 3.05) is 13.1 Å². The molecule has 0 saturated carbocycles. The molecule has 3 heterocycles. The van der Waals surface area contributed by atoms with Crippen molar-refractivity contribution in [3.05, 3.63) is 51.4 Å². The number of hydrogen-bond donors (Lipinski definition) is 1. The van der Waals surface area contributed by atoms with Gasteiger partial charge in [0.05, 0.1) is 9.21 Å². The number of likely N-dealkylation sites (tertiary alicyclic amines) is 1. The normalized spacial score (nSPS) is 17.8. The summed E-state index contributed by atoms with van der Waals surface area (Å²) in [4.78, 5) is 19.4. The van der Waals surface area contributed by atoms with Crippen LogP contribution in [0.15, 0.2) is 36.7 Å². The fraction of sp³-hybridized carbons (Fsp3) is 0.412. The van der Waals surface area contributed by atoms with Crippen LogP contribution < -0.4 is 5.32 Å². The number of nitrogens with zero attached hydrogens (tertiary/aromatic N) is 2. The van der Waals surface area contributed by atoms with E-state index in [4.69, 9.17) is 11.6 Å². The molecule has 23 heavy (non-hydrogen) atoms. The zero-order valence-electron chi connectivity index (χ0n) is 13.0. The van der Waals surface area contributed by atoms with Gasteiger partial charge < -0.3 is 5.32 Å². The van der Waals surface area contributed by atoms with Crippen molar-refractivity contribution in [2.45, 2.75) is 31.8 Å². The molecule has 4 nitrogen and oxygen atoms in total. The molecule has 0 aliphatic carbocycles. The summed E-state index contributed by atoms with van der Waals surface area (Å²) in [6.45, 7) is 4.20. The number of aromatic nitrogens is 1. The van der Waals surface area contributed by atoms with Gasteiger partial charge in [-0.3, -0.25) is 14.7 Å². The van der Waals surface area contributed by atoms with Crippen molar-refractivity contribution < 1.29 is 4.79 Å². The van der Waals surface area contributed by atoms with Gasteiger partial charge >= 0.3 is 0 Å². The van der Waals surface area contributed by atoms with Crippen LogP contribution in [0, 0.1) is 0 Å². The molecule has 122 valence electrons. The maximum atomic E-state index is 12.2. The number of carbonyl (C=O) groups is 1. The van der Waals surface area contributed by atoms with Crippen molar-refractivity contribution in [1.29, 1.82) is 0 Å². The monoisotopic (exact) mass is 349 g/mol. The fourth-order valence-corrected chi connectivity index (χ4v) is 3.92. The molecule has 3 rings (SSSR count). The Bertz CT molecular complexity index is 653. The van der Waals surface area contributed by atoms with Crippen LogP contribution >= 0.6 is 22.9 Å². The van der Waals surface area contributed by atoms with Crippen LogP contribution in [0.25, 0.3) is 0 Å². The molecule has 0 aromatic carbocycles. The van der Waals surface area contributed by atoms with E-state index in [0.29, 0.717) is 15.3 Å². The molecule has 1 amide bonds. The lowest BCUT2D eigenvalue weighted by Gasteiger charge is -2.36. The average molecular weight is 350 g/mol. The maximum absolute atomic E-state index is 12.2. The largest absolute Gasteiger partial charge is 0.349 e. The molecule has 1 N–H and O–H groups in total. The molecule has 0 radical (unpaired) electrons. The standard InChI is InChI=1S/C17H20ClN3OS/c1-12(13-4-8-19-9-5-13)21-10-6-14(7-11-21)20-17(22)15-2-3-16(18)23-15/h2-5,8-9,12,14H,6-7,10-11H2,1H3,(H,20,22)/t12-/m1/s1. The van der Waals surface area contributed by atoms with E-state index in [2.05, 4.69) is 34.3 Å². The van der Waals surface area contributed by atoms with E-state index in [1.165, 1.54) is 16.9 Å². The molecule has 0 bridgehead atoms. The third kappa shape index (κ3) is 4.10. The van der Waals surface area contributed by atoms with Crippen LogP contribution in [-0.2, 0) is 0 Å². The van der Waals surface area contributed by atoms with E-state index in [1.807, 2.05) is 12.4 Å². The third-order valence-corrected chi connectivity index (χ3v) is 5.63. The molecule has 1 aliphatic rings. The Balaban J connectivity index is 1.51. The van der Waals surface area contributed by atoms with E-state index in [9.17, 15) is 4.79 Å².